The fourth-order valence-corrected chi connectivity index (χ4v) is 4.85. The number of aliphatic carboxylic acids is 1. The molecule has 0 aromatic heterocycles. The maximum atomic E-state index is 12.0. The lowest BCUT2D eigenvalue weighted by molar-refractivity contribution is -0.471. The van der Waals surface area contributed by atoms with Crippen molar-refractivity contribution in [2.45, 2.75) is 62.4 Å². The summed E-state index contributed by atoms with van der Waals surface area (Å²) in [4.78, 5) is 12.0. The van der Waals surface area contributed by atoms with Gasteiger partial charge in [-0.1, -0.05) is 35.9 Å². The number of ether oxygens (including phenoxy) is 6. The van der Waals surface area contributed by atoms with Gasteiger partial charge in [-0.3, -0.25) is 0 Å². The largest absolute Gasteiger partial charge is 0.497 e. The number of hydrogen-bond donors (Lipinski definition) is 2. The Bertz CT molecular complexity index is 1090. The molecule has 2 aliphatic heterocycles. The highest BCUT2D eigenvalue weighted by atomic mass is 35.5. The smallest absolute Gasteiger partial charge is 0.335 e. The molecule has 0 radical (unpaired) electrons. The molecule has 0 unspecified atom stereocenters. The highest BCUT2D eigenvalue weighted by molar-refractivity contribution is 6.31. The SMILES string of the molecule is COc1ccc(Cc2cc([C@@H]3O[C@H](C(=O)O)[C@@H](O)[C@@H]4O[C@@](C)(OC)[C@](C)(OC)O[C@H]43)ccc2Cl)cc1. The summed E-state index contributed by atoms with van der Waals surface area (Å²) in [6.45, 7) is 3.26. The van der Waals surface area contributed by atoms with Gasteiger partial charge in [-0.2, -0.15) is 0 Å². The molecule has 4 rings (SSSR count). The van der Waals surface area contributed by atoms with Gasteiger partial charge in [0, 0.05) is 19.2 Å². The summed E-state index contributed by atoms with van der Waals surface area (Å²) in [7, 11) is 4.48. The number of carboxylic acids is 1. The number of aliphatic hydroxyl groups is 1. The molecule has 2 N–H and O–H groups in total. The van der Waals surface area contributed by atoms with E-state index in [1.54, 1.807) is 33.1 Å². The van der Waals surface area contributed by atoms with Crippen molar-refractivity contribution in [3.05, 3.63) is 64.2 Å². The Balaban J connectivity index is 1.71. The standard InChI is InChI=1S/C26H31ClO9/c1-25(32-4)26(2,33-5)36-23-20(34-22(24(29)30)19(28)21(23)35-25)15-8-11-18(27)16(13-15)12-14-6-9-17(31-3)10-7-14/h6-11,13,19-23,28H,12H2,1-5H3,(H,29,30)/t19-,20-,21-,22-,23-,25+,26+/m0/s1. The van der Waals surface area contributed by atoms with Gasteiger partial charge in [-0.25, -0.2) is 4.79 Å². The predicted molar refractivity (Wildman–Crippen MR) is 129 cm³/mol. The summed E-state index contributed by atoms with van der Waals surface area (Å²) in [6, 6.07) is 12.9. The van der Waals surface area contributed by atoms with E-state index in [0.717, 1.165) is 16.9 Å². The molecule has 2 heterocycles. The lowest BCUT2D eigenvalue weighted by Crippen LogP contribution is -2.71. The van der Waals surface area contributed by atoms with Crippen LogP contribution in [0.2, 0.25) is 5.02 Å². The van der Waals surface area contributed by atoms with E-state index in [1.807, 2.05) is 30.3 Å². The Morgan fingerprint density at radius 1 is 1.00 bits per heavy atom. The molecule has 2 aliphatic rings. The molecule has 9 nitrogen and oxygen atoms in total. The molecule has 2 aromatic rings. The quantitative estimate of drug-likeness (QED) is 0.565. The normalized spacial score (nSPS) is 34.1. The molecule has 7 atom stereocenters. The van der Waals surface area contributed by atoms with E-state index in [2.05, 4.69) is 0 Å². The Labute approximate surface area is 214 Å². The molecule has 2 saturated heterocycles. The summed E-state index contributed by atoms with van der Waals surface area (Å²) in [5.41, 5.74) is 2.45. The average molecular weight is 523 g/mol. The third kappa shape index (κ3) is 4.72. The van der Waals surface area contributed by atoms with Crippen LogP contribution in [0.3, 0.4) is 0 Å². The maximum Gasteiger partial charge on any atom is 0.335 e. The van der Waals surface area contributed by atoms with Crippen molar-refractivity contribution in [3.63, 3.8) is 0 Å². The molecule has 2 aromatic carbocycles. The minimum Gasteiger partial charge on any atom is -0.497 e. The van der Waals surface area contributed by atoms with E-state index >= 15 is 0 Å². The van der Waals surface area contributed by atoms with E-state index in [9.17, 15) is 15.0 Å². The van der Waals surface area contributed by atoms with Crippen molar-refractivity contribution in [2.75, 3.05) is 21.3 Å². The number of carboxylic acid groups (broad SMARTS) is 1. The van der Waals surface area contributed by atoms with Gasteiger partial charge in [0.25, 0.3) is 0 Å². The number of halogens is 1. The van der Waals surface area contributed by atoms with Crippen molar-refractivity contribution in [1.82, 2.24) is 0 Å². The molecule has 0 aliphatic carbocycles. The summed E-state index contributed by atoms with van der Waals surface area (Å²) in [5, 5.41) is 21.2. The molecular formula is C26H31ClO9. The molecule has 0 bridgehead atoms. The van der Waals surface area contributed by atoms with E-state index in [1.165, 1.54) is 14.2 Å². The van der Waals surface area contributed by atoms with Crippen LogP contribution in [0.15, 0.2) is 42.5 Å². The molecule has 36 heavy (non-hydrogen) atoms. The first-order chi connectivity index (χ1) is 17.1. The fraction of sp³-hybridized carbons (Fsp3) is 0.500. The average Bonchev–Trinajstić information content (AvgIpc) is 2.87. The zero-order chi connectivity index (χ0) is 26.3. The maximum absolute atomic E-state index is 12.0. The monoisotopic (exact) mass is 522 g/mol. The van der Waals surface area contributed by atoms with Crippen LogP contribution in [0.4, 0.5) is 0 Å². The van der Waals surface area contributed by atoms with Crippen LogP contribution in [-0.4, -0.2) is 73.5 Å². The third-order valence-electron chi connectivity index (χ3n) is 7.08. The molecule has 2 fully saturated rings. The molecule has 0 saturated carbocycles. The zero-order valence-electron chi connectivity index (χ0n) is 20.8. The first kappa shape index (κ1) is 26.8. The molecule has 0 spiro atoms. The lowest BCUT2D eigenvalue weighted by Gasteiger charge is -2.56. The van der Waals surface area contributed by atoms with Crippen molar-refractivity contribution in [3.8, 4) is 5.75 Å². The van der Waals surface area contributed by atoms with Crippen LogP contribution >= 0.6 is 11.6 Å². The summed E-state index contributed by atoms with van der Waals surface area (Å²) < 4.78 is 34.8. The minimum atomic E-state index is -1.55. The number of benzene rings is 2. The van der Waals surface area contributed by atoms with E-state index in [-0.39, 0.29) is 0 Å². The summed E-state index contributed by atoms with van der Waals surface area (Å²) in [5.74, 6) is -3.37. The van der Waals surface area contributed by atoms with Gasteiger partial charge in [-0.05, 0) is 55.2 Å². The number of carbonyl (C=O) groups is 1. The van der Waals surface area contributed by atoms with Crippen LogP contribution in [0, 0.1) is 0 Å². The Hall–Kier alpha value is -2.24. The van der Waals surface area contributed by atoms with Crippen LogP contribution in [-0.2, 0) is 34.9 Å². The fourth-order valence-electron chi connectivity index (χ4n) is 4.66. The Kier molecular flexibility index (Phi) is 7.64. The number of hydrogen-bond acceptors (Lipinski definition) is 8. The van der Waals surface area contributed by atoms with Crippen LogP contribution < -0.4 is 4.74 Å². The topological polar surface area (TPSA) is 113 Å². The van der Waals surface area contributed by atoms with Gasteiger partial charge >= 0.3 is 5.97 Å². The Morgan fingerprint density at radius 3 is 2.17 bits per heavy atom. The second-order valence-corrected chi connectivity index (χ2v) is 9.55. The highest BCUT2D eigenvalue weighted by Crippen LogP contribution is 2.47. The predicted octanol–water partition coefficient (Wildman–Crippen LogP) is 3.33. The second kappa shape index (κ2) is 10.3. The van der Waals surface area contributed by atoms with Crippen molar-refractivity contribution < 1.29 is 43.4 Å². The van der Waals surface area contributed by atoms with Gasteiger partial charge in [0.15, 0.2) is 6.10 Å². The summed E-state index contributed by atoms with van der Waals surface area (Å²) >= 11 is 6.52. The zero-order valence-corrected chi connectivity index (χ0v) is 21.5. The molecule has 196 valence electrons. The van der Waals surface area contributed by atoms with Gasteiger partial charge < -0.3 is 38.6 Å². The first-order valence-electron chi connectivity index (χ1n) is 11.5. The number of rotatable bonds is 7. The van der Waals surface area contributed by atoms with E-state index in [4.69, 9.17) is 40.0 Å². The number of methoxy groups -OCH3 is 3. The number of aliphatic hydroxyl groups excluding tert-OH is 1. The lowest BCUT2D eigenvalue weighted by atomic mass is 9.87. The van der Waals surface area contributed by atoms with Crippen LogP contribution in [0.5, 0.6) is 5.75 Å². The van der Waals surface area contributed by atoms with Gasteiger partial charge in [0.2, 0.25) is 11.6 Å². The second-order valence-electron chi connectivity index (χ2n) is 9.15. The van der Waals surface area contributed by atoms with Crippen LogP contribution in [0.25, 0.3) is 0 Å². The Morgan fingerprint density at radius 2 is 1.61 bits per heavy atom. The molecular weight excluding hydrogens is 492 g/mol. The third-order valence-corrected chi connectivity index (χ3v) is 7.45. The van der Waals surface area contributed by atoms with Crippen molar-refractivity contribution in [1.29, 1.82) is 0 Å². The number of fused-ring (bicyclic) bond motifs is 1. The van der Waals surface area contributed by atoms with Gasteiger partial charge in [-0.15, -0.1) is 0 Å². The van der Waals surface area contributed by atoms with Gasteiger partial charge in [0.1, 0.15) is 30.2 Å². The van der Waals surface area contributed by atoms with E-state index < -0.39 is 48.1 Å². The van der Waals surface area contributed by atoms with Crippen molar-refractivity contribution in [2.24, 2.45) is 0 Å². The van der Waals surface area contributed by atoms with Crippen molar-refractivity contribution >= 4 is 17.6 Å². The molecule has 10 heteroatoms. The molecule has 0 amide bonds. The first-order valence-corrected chi connectivity index (χ1v) is 11.9. The minimum absolute atomic E-state index is 0.525. The van der Waals surface area contributed by atoms with E-state index in [0.29, 0.717) is 17.0 Å². The summed E-state index contributed by atoms with van der Waals surface area (Å²) in [6.07, 6.45) is -5.41. The van der Waals surface area contributed by atoms with Gasteiger partial charge in [0.05, 0.1) is 7.11 Å². The highest BCUT2D eigenvalue weighted by Gasteiger charge is 2.63. The van der Waals surface area contributed by atoms with Crippen LogP contribution in [0.1, 0.15) is 36.6 Å².